The second kappa shape index (κ2) is 3.79. The van der Waals surface area contributed by atoms with Gasteiger partial charge >= 0.3 is 0 Å². The predicted molar refractivity (Wildman–Crippen MR) is 59.0 cm³/mol. The van der Waals surface area contributed by atoms with Gasteiger partial charge in [0, 0.05) is 29.8 Å². The first kappa shape index (κ1) is 9.81. The van der Waals surface area contributed by atoms with Gasteiger partial charge in [-0.15, -0.1) is 0 Å². The van der Waals surface area contributed by atoms with Gasteiger partial charge in [0.2, 0.25) is 0 Å². The Labute approximate surface area is 88.9 Å². The van der Waals surface area contributed by atoms with Gasteiger partial charge in [-0.1, -0.05) is 17.7 Å². The van der Waals surface area contributed by atoms with Crippen molar-refractivity contribution in [2.75, 3.05) is 18.5 Å². The van der Waals surface area contributed by atoms with E-state index >= 15 is 0 Å². The van der Waals surface area contributed by atoms with Crippen LogP contribution in [0.1, 0.15) is 11.1 Å². The van der Waals surface area contributed by atoms with Crippen molar-refractivity contribution >= 4 is 17.3 Å². The Balaban J connectivity index is 2.33. The summed E-state index contributed by atoms with van der Waals surface area (Å²) in [6.07, 6.45) is 0.941. The average Bonchev–Trinajstić information content (AvgIpc) is 2.19. The zero-order valence-corrected chi connectivity index (χ0v) is 8.93. The van der Waals surface area contributed by atoms with E-state index < -0.39 is 0 Å². The SMILES string of the molecule is Cc1cc2c(cc1Cl)NCC(CO)C2. The Morgan fingerprint density at radius 1 is 1.57 bits per heavy atom. The molecule has 0 saturated heterocycles. The summed E-state index contributed by atoms with van der Waals surface area (Å²) in [5, 5.41) is 13.2. The second-order valence-corrected chi connectivity index (χ2v) is 4.30. The molecule has 3 heteroatoms. The maximum atomic E-state index is 9.07. The van der Waals surface area contributed by atoms with Crippen molar-refractivity contribution < 1.29 is 5.11 Å². The van der Waals surface area contributed by atoms with Gasteiger partial charge in [-0.3, -0.25) is 0 Å². The zero-order chi connectivity index (χ0) is 10.1. The molecular weight excluding hydrogens is 198 g/mol. The van der Waals surface area contributed by atoms with Crippen LogP contribution >= 0.6 is 11.6 Å². The third kappa shape index (κ3) is 1.72. The third-order valence-corrected chi connectivity index (χ3v) is 3.14. The van der Waals surface area contributed by atoms with Crippen LogP contribution in [0.4, 0.5) is 5.69 Å². The minimum absolute atomic E-state index is 0.244. The zero-order valence-electron chi connectivity index (χ0n) is 8.18. The Morgan fingerprint density at radius 2 is 2.36 bits per heavy atom. The molecule has 0 aliphatic carbocycles. The number of hydrogen-bond acceptors (Lipinski definition) is 2. The summed E-state index contributed by atoms with van der Waals surface area (Å²) in [7, 11) is 0. The van der Waals surface area contributed by atoms with E-state index in [-0.39, 0.29) is 6.61 Å². The average molecular weight is 212 g/mol. The lowest BCUT2D eigenvalue weighted by molar-refractivity contribution is 0.230. The van der Waals surface area contributed by atoms with E-state index in [1.807, 2.05) is 13.0 Å². The van der Waals surface area contributed by atoms with E-state index in [1.54, 1.807) is 0 Å². The molecular formula is C11H14ClNO. The molecule has 0 amide bonds. The molecule has 0 spiro atoms. The van der Waals surface area contributed by atoms with E-state index in [9.17, 15) is 0 Å². The van der Waals surface area contributed by atoms with Crippen LogP contribution in [-0.4, -0.2) is 18.3 Å². The highest BCUT2D eigenvalue weighted by Crippen LogP contribution is 2.29. The topological polar surface area (TPSA) is 32.3 Å². The molecule has 0 aromatic heterocycles. The number of aliphatic hydroxyl groups is 1. The fraction of sp³-hybridized carbons (Fsp3) is 0.455. The van der Waals surface area contributed by atoms with Gasteiger partial charge in [-0.2, -0.15) is 0 Å². The van der Waals surface area contributed by atoms with E-state index in [0.29, 0.717) is 5.92 Å². The summed E-state index contributed by atoms with van der Waals surface area (Å²) in [5.41, 5.74) is 3.48. The van der Waals surface area contributed by atoms with Crippen LogP contribution in [0.15, 0.2) is 12.1 Å². The largest absolute Gasteiger partial charge is 0.396 e. The molecule has 1 aliphatic rings. The maximum absolute atomic E-state index is 9.07. The Morgan fingerprint density at radius 3 is 3.07 bits per heavy atom. The van der Waals surface area contributed by atoms with Gasteiger partial charge in [-0.25, -0.2) is 0 Å². The molecule has 1 heterocycles. The number of anilines is 1. The molecule has 0 saturated carbocycles. The lowest BCUT2D eigenvalue weighted by Gasteiger charge is -2.25. The normalized spacial score (nSPS) is 20.1. The number of halogens is 1. The first-order chi connectivity index (χ1) is 6.70. The lowest BCUT2D eigenvalue weighted by atomic mass is 9.93. The molecule has 1 aromatic rings. The molecule has 0 fully saturated rings. The van der Waals surface area contributed by atoms with Crippen molar-refractivity contribution in [3.05, 3.63) is 28.3 Å². The van der Waals surface area contributed by atoms with Crippen LogP contribution in [-0.2, 0) is 6.42 Å². The van der Waals surface area contributed by atoms with Gasteiger partial charge in [-0.05, 0) is 30.5 Å². The van der Waals surface area contributed by atoms with Gasteiger partial charge in [0.25, 0.3) is 0 Å². The second-order valence-electron chi connectivity index (χ2n) is 3.89. The molecule has 2 rings (SSSR count). The molecule has 14 heavy (non-hydrogen) atoms. The van der Waals surface area contributed by atoms with Crippen LogP contribution in [0.5, 0.6) is 0 Å². The fourth-order valence-corrected chi connectivity index (χ4v) is 2.00. The van der Waals surface area contributed by atoms with E-state index in [1.165, 1.54) is 5.56 Å². The molecule has 2 N–H and O–H groups in total. The van der Waals surface area contributed by atoms with Crippen molar-refractivity contribution in [3.63, 3.8) is 0 Å². The Bertz CT molecular complexity index is 351. The molecule has 2 nitrogen and oxygen atoms in total. The van der Waals surface area contributed by atoms with Crippen molar-refractivity contribution in [1.82, 2.24) is 0 Å². The summed E-state index contributed by atoms with van der Waals surface area (Å²) in [6, 6.07) is 4.08. The smallest absolute Gasteiger partial charge is 0.0479 e. The quantitative estimate of drug-likeness (QED) is 0.747. The number of aliphatic hydroxyl groups excluding tert-OH is 1. The maximum Gasteiger partial charge on any atom is 0.0479 e. The molecule has 0 bridgehead atoms. The molecule has 0 radical (unpaired) electrons. The molecule has 1 atom stereocenters. The number of benzene rings is 1. The minimum atomic E-state index is 0.244. The Kier molecular flexibility index (Phi) is 2.66. The molecule has 1 aromatic carbocycles. The number of hydrogen-bond donors (Lipinski definition) is 2. The lowest BCUT2D eigenvalue weighted by Crippen LogP contribution is -2.25. The van der Waals surface area contributed by atoms with Crippen molar-refractivity contribution in [1.29, 1.82) is 0 Å². The third-order valence-electron chi connectivity index (χ3n) is 2.73. The van der Waals surface area contributed by atoms with Crippen molar-refractivity contribution in [3.8, 4) is 0 Å². The monoisotopic (exact) mass is 211 g/mol. The highest BCUT2D eigenvalue weighted by Gasteiger charge is 2.18. The van der Waals surface area contributed by atoms with Crippen LogP contribution in [0.3, 0.4) is 0 Å². The van der Waals surface area contributed by atoms with Crippen LogP contribution < -0.4 is 5.32 Å². The number of nitrogens with one attached hydrogen (secondary N) is 1. The van der Waals surface area contributed by atoms with Crippen LogP contribution in [0.2, 0.25) is 5.02 Å². The van der Waals surface area contributed by atoms with Gasteiger partial charge in [0.05, 0.1) is 0 Å². The van der Waals surface area contributed by atoms with Gasteiger partial charge < -0.3 is 10.4 Å². The fourth-order valence-electron chi connectivity index (χ4n) is 1.84. The number of rotatable bonds is 1. The standard InChI is InChI=1S/C11H14ClNO/c1-7-2-9-3-8(6-14)5-13-11(9)4-10(7)12/h2,4,8,13-14H,3,5-6H2,1H3. The van der Waals surface area contributed by atoms with Crippen LogP contribution in [0.25, 0.3) is 0 Å². The van der Waals surface area contributed by atoms with E-state index in [2.05, 4.69) is 11.4 Å². The minimum Gasteiger partial charge on any atom is -0.396 e. The summed E-state index contributed by atoms with van der Waals surface area (Å²) in [6.45, 7) is 3.09. The van der Waals surface area contributed by atoms with E-state index in [4.69, 9.17) is 16.7 Å². The number of fused-ring (bicyclic) bond motifs is 1. The molecule has 1 aliphatic heterocycles. The predicted octanol–water partition coefficient (Wildman–Crippen LogP) is 2.22. The van der Waals surface area contributed by atoms with Crippen LogP contribution in [0, 0.1) is 12.8 Å². The first-order valence-electron chi connectivity index (χ1n) is 4.84. The molecule has 76 valence electrons. The van der Waals surface area contributed by atoms with Crippen molar-refractivity contribution in [2.24, 2.45) is 5.92 Å². The van der Waals surface area contributed by atoms with Gasteiger partial charge in [0.1, 0.15) is 0 Å². The highest BCUT2D eigenvalue weighted by molar-refractivity contribution is 6.31. The first-order valence-corrected chi connectivity index (χ1v) is 5.22. The highest BCUT2D eigenvalue weighted by atomic mass is 35.5. The summed E-state index contributed by atoms with van der Waals surface area (Å²) in [5.74, 6) is 0.336. The van der Waals surface area contributed by atoms with Crippen molar-refractivity contribution in [2.45, 2.75) is 13.3 Å². The van der Waals surface area contributed by atoms with Gasteiger partial charge in [0.15, 0.2) is 0 Å². The Hall–Kier alpha value is -0.730. The summed E-state index contributed by atoms with van der Waals surface area (Å²) >= 11 is 6.03. The number of aryl methyl sites for hydroxylation is 1. The summed E-state index contributed by atoms with van der Waals surface area (Å²) < 4.78 is 0. The van der Waals surface area contributed by atoms with E-state index in [0.717, 1.165) is 29.2 Å². The summed E-state index contributed by atoms with van der Waals surface area (Å²) in [4.78, 5) is 0. The molecule has 1 unspecified atom stereocenters.